The molecule has 0 radical (unpaired) electrons. The molecule has 2 heteroatoms. The van der Waals surface area contributed by atoms with E-state index in [2.05, 4.69) is 5.32 Å². The van der Waals surface area contributed by atoms with Gasteiger partial charge >= 0.3 is 0 Å². The summed E-state index contributed by atoms with van der Waals surface area (Å²) in [6, 6.07) is 1.56. The molecule has 2 unspecified atom stereocenters. The third-order valence-electron chi connectivity index (χ3n) is 3.37. The van der Waals surface area contributed by atoms with Crippen molar-refractivity contribution >= 4 is 0 Å². The molecule has 3 rings (SSSR count). The van der Waals surface area contributed by atoms with Gasteiger partial charge in [-0.3, -0.25) is 0 Å². The molecule has 3 fully saturated rings. The topological polar surface area (TPSA) is 24.6 Å². The lowest BCUT2D eigenvalue weighted by Crippen LogP contribution is -2.51. The molecule has 11 heavy (non-hydrogen) atoms. The largest absolute Gasteiger partial charge is 0.369 e. The molecule has 2 nitrogen and oxygen atoms in total. The van der Waals surface area contributed by atoms with Gasteiger partial charge in [-0.15, -0.1) is 0 Å². The molecule has 2 atom stereocenters. The van der Waals surface area contributed by atoms with Crippen molar-refractivity contribution in [2.24, 2.45) is 0 Å². The summed E-state index contributed by atoms with van der Waals surface area (Å²) in [5.41, 5.74) is 0.362. The summed E-state index contributed by atoms with van der Waals surface area (Å²) in [7, 11) is 0. The van der Waals surface area contributed by atoms with Crippen LogP contribution in [0.15, 0.2) is 0 Å². The lowest BCUT2D eigenvalue weighted by molar-refractivity contribution is 0.142. The van der Waals surface area contributed by atoms with Gasteiger partial charge in [0.1, 0.15) is 0 Å². The molecule has 3 heterocycles. The number of rotatable bonds is 0. The van der Waals surface area contributed by atoms with E-state index >= 15 is 0 Å². The maximum absolute atomic E-state index is 5.53. The van der Waals surface area contributed by atoms with E-state index in [-0.39, 0.29) is 0 Å². The number of piperidine rings is 2. The zero-order valence-electron chi connectivity index (χ0n) is 6.81. The minimum absolute atomic E-state index is 0.362. The first-order chi connectivity index (χ1) is 5.36. The summed E-state index contributed by atoms with van der Waals surface area (Å²) in [6.07, 6.45) is 6.74. The second-order valence-electron chi connectivity index (χ2n) is 4.37. The molecule has 3 saturated heterocycles. The van der Waals surface area contributed by atoms with Crippen molar-refractivity contribution in [3.63, 3.8) is 0 Å². The number of epoxide rings is 1. The summed E-state index contributed by atoms with van der Waals surface area (Å²) in [6.45, 7) is 1.04. The van der Waals surface area contributed by atoms with E-state index in [1.165, 1.54) is 32.1 Å². The first kappa shape index (κ1) is 6.44. The molecule has 0 saturated carbocycles. The Bertz CT molecular complexity index is 162. The predicted octanol–water partition coefficient (Wildman–Crippen LogP) is 1.06. The van der Waals surface area contributed by atoms with Crippen molar-refractivity contribution in [2.75, 3.05) is 6.61 Å². The molecule has 0 aromatic rings. The number of nitrogens with one attached hydrogen (secondary N) is 1. The third kappa shape index (κ3) is 1.00. The maximum atomic E-state index is 5.53. The minimum atomic E-state index is 0.362. The summed E-state index contributed by atoms with van der Waals surface area (Å²) in [5.74, 6) is 0. The van der Waals surface area contributed by atoms with E-state index in [9.17, 15) is 0 Å². The fraction of sp³-hybridized carbons (Fsp3) is 1.00. The van der Waals surface area contributed by atoms with Crippen LogP contribution in [0.4, 0.5) is 0 Å². The van der Waals surface area contributed by atoms with Gasteiger partial charge < -0.3 is 10.1 Å². The molecule has 0 aliphatic carbocycles. The van der Waals surface area contributed by atoms with E-state index in [1.807, 2.05) is 0 Å². The molecule has 0 aromatic heterocycles. The van der Waals surface area contributed by atoms with Gasteiger partial charge in [0.2, 0.25) is 0 Å². The highest BCUT2D eigenvalue weighted by Crippen LogP contribution is 2.43. The van der Waals surface area contributed by atoms with Crippen molar-refractivity contribution in [1.82, 2.24) is 5.32 Å². The van der Waals surface area contributed by atoms with Crippen LogP contribution in [0.25, 0.3) is 0 Å². The Balaban J connectivity index is 1.78. The monoisotopic (exact) mass is 153 g/mol. The van der Waals surface area contributed by atoms with Crippen LogP contribution >= 0.6 is 0 Å². The van der Waals surface area contributed by atoms with Crippen molar-refractivity contribution in [2.45, 2.75) is 49.8 Å². The van der Waals surface area contributed by atoms with Gasteiger partial charge in [0.25, 0.3) is 0 Å². The molecule has 3 aliphatic rings. The molecular weight excluding hydrogens is 138 g/mol. The summed E-state index contributed by atoms with van der Waals surface area (Å²) >= 11 is 0. The molecule has 3 aliphatic heterocycles. The van der Waals surface area contributed by atoms with Crippen molar-refractivity contribution in [3.05, 3.63) is 0 Å². The zero-order chi connectivity index (χ0) is 7.31. The first-order valence-corrected chi connectivity index (χ1v) is 4.76. The molecule has 2 bridgehead atoms. The SMILES string of the molecule is C1CC2CC3(CO3)CC(C1)N2. The van der Waals surface area contributed by atoms with Crippen LogP contribution in [0.5, 0.6) is 0 Å². The van der Waals surface area contributed by atoms with Crippen LogP contribution < -0.4 is 5.32 Å². The lowest BCUT2D eigenvalue weighted by Gasteiger charge is -2.39. The van der Waals surface area contributed by atoms with E-state index < -0.39 is 0 Å². The van der Waals surface area contributed by atoms with E-state index in [0.29, 0.717) is 5.60 Å². The van der Waals surface area contributed by atoms with Crippen LogP contribution in [-0.2, 0) is 4.74 Å². The standard InChI is InChI=1S/C9H15NO/c1-2-7-4-9(6-11-9)5-8(3-1)10-7/h7-8,10H,1-6H2. The summed E-state index contributed by atoms with van der Waals surface area (Å²) in [4.78, 5) is 0. The van der Waals surface area contributed by atoms with Crippen molar-refractivity contribution in [3.8, 4) is 0 Å². The predicted molar refractivity (Wildman–Crippen MR) is 42.5 cm³/mol. The van der Waals surface area contributed by atoms with Crippen LogP contribution in [0, 0.1) is 0 Å². The lowest BCUT2D eigenvalue weighted by atomic mass is 9.80. The highest BCUT2D eigenvalue weighted by molar-refractivity contribution is 5.04. The molecule has 0 aromatic carbocycles. The normalized spacial score (nSPS) is 54.5. The highest BCUT2D eigenvalue weighted by atomic mass is 16.6. The second kappa shape index (κ2) is 1.99. The van der Waals surface area contributed by atoms with Crippen molar-refractivity contribution in [1.29, 1.82) is 0 Å². The van der Waals surface area contributed by atoms with E-state index in [1.54, 1.807) is 0 Å². The van der Waals surface area contributed by atoms with E-state index in [4.69, 9.17) is 4.74 Å². The van der Waals surface area contributed by atoms with Gasteiger partial charge in [-0.2, -0.15) is 0 Å². The second-order valence-corrected chi connectivity index (χ2v) is 4.37. The number of hydrogen-bond donors (Lipinski definition) is 1. The quantitative estimate of drug-likeness (QED) is 0.526. The molecule has 62 valence electrons. The first-order valence-electron chi connectivity index (χ1n) is 4.76. The Kier molecular flexibility index (Phi) is 1.16. The van der Waals surface area contributed by atoms with Gasteiger partial charge in [-0.25, -0.2) is 0 Å². The van der Waals surface area contributed by atoms with Gasteiger partial charge in [-0.1, -0.05) is 6.42 Å². The summed E-state index contributed by atoms with van der Waals surface area (Å²) < 4.78 is 5.53. The molecular formula is C9H15NO. The van der Waals surface area contributed by atoms with Gasteiger partial charge in [0, 0.05) is 12.1 Å². The smallest absolute Gasteiger partial charge is 0.0946 e. The van der Waals surface area contributed by atoms with Crippen LogP contribution in [0.3, 0.4) is 0 Å². The molecule has 0 amide bonds. The van der Waals surface area contributed by atoms with Gasteiger partial charge in [0.15, 0.2) is 0 Å². The average molecular weight is 153 g/mol. The van der Waals surface area contributed by atoms with Gasteiger partial charge in [-0.05, 0) is 25.7 Å². The Morgan fingerprint density at radius 1 is 1.18 bits per heavy atom. The fourth-order valence-corrected chi connectivity index (χ4v) is 2.75. The highest BCUT2D eigenvalue weighted by Gasteiger charge is 2.51. The van der Waals surface area contributed by atoms with E-state index in [0.717, 1.165) is 18.7 Å². The number of ether oxygens (including phenoxy) is 1. The minimum Gasteiger partial charge on any atom is -0.369 e. The molecule has 1 spiro atoms. The third-order valence-corrected chi connectivity index (χ3v) is 3.37. The number of fused-ring (bicyclic) bond motifs is 2. The Hall–Kier alpha value is -0.0800. The Labute approximate surface area is 67.3 Å². The Morgan fingerprint density at radius 2 is 1.82 bits per heavy atom. The maximum Gasteiger partial charge on any atom is 0.0946 e. The average Bonchev–Trinajstić information content (AvgIpc) is 2.68. The van der Waals surface area contributed by atoms with Crippen molar-refractivity contribution < 1.29 is 4.74 Å². The number of hydrogen-bond acceptors (Lipinski definition) is 2. The summed E-state index contributed by atoms with van der Waals surface area (Å²) in [5, 5.41) is 3.67. The zero-order valence-corrected chi connectivity index (χ0v) is 6.81. The Morgan fingerprint density at radius 3 is 2.36 bits per heavy atom. The van der Waals surface area contributed by atoms with Crippen LogP contribution in [0.2, 0.25) is 0 Å². The fourth-order valence-electron chi connectivity index (χ4n) is 2.75. The van der Waals surface area contributed by atoms with Gasteiger partial charge in [0.05, 0.1) is 12.2 Å². The van der Waals surface area contributed by atoms with Crippen LogP contribution in [-0.4, -0.2) is 24.3 Å². The molecule has 1 N–H and O–H groups in total. The van der Waals surface area contributed by atoms with Crippen LogP contribution in [0.1, 0.15) is 32.1 Å².